The number of halogens is 1. The highest BCUT2D eigenvalue weighted by Gasteiger charge is 2.10. The zero-order valence-electron chi connectivity index (χ0n) is 10.8. The van der Waals surface area contributed by atoms with Crippen LogP contribution in [0.4, 0.5) is 9.52 Å². The molecule has 0 bridgehead atoms. The Bertz CT molecular complexity index is 587. The van der Waals surface area contributed by atoms with Crippen LogP contribution < -0.4 is 11.1 Å². The van der Waals surface area contributed by atoms with E-state index in [-0.39, 0.29) is 11.7 Å². The number of nitrogens with zero attached hydrogens (tertiary/aromatic N) is 2. The lowest BCUT2D eigenvalue weighted by atomic mass is 10.1. The molecule has 7 heteroatoms. The van der Waals surface area contributed by atoms with Gasteiger partial charge < -0.3 is 11.1 Å². The van der Waals surface area contributed by atoms with Crippen LogP contribution in [0.25, 0.3) is 0 Å². The van der Waals surface area contributed by atoms with Crippen LogP contribution in [0.2, 0.25) is 0 Å². The summed E-state index contributed by atoms with van der Waals surface area (Å²) in [6.07, 6.45) is 1.36. The van der Waals surface area contributed by atoms with Gasteiger partial charge in [-0.25, -0.2) is 4.39 Å². The zero-order chi connectivity index (χ0) is 14.4. The third-order valence-electron chi connectivity index (χ3n) is 2.62. The van der Waals surface area contributed by atoms with Gasteiger partial charge in [0.1, 0.15) is 10.8 Å². The molecular formula is C13H15FN4OS. The number of aromatic nitrogens is 2. The molecule has 0 saturated carbocycles. The molecule has 106 valence electrons. The van der Waals surface area contributed by atoms with Crippen molar-refractivity contribution in [3.63, 3.8) is 0 Å². The highest BCUT2D eigenvalue weighted by atomic mass is 32.1. The van der Waals surface area contributed by atoms with Gasteiger partial charge in [-0.3, -0.25) is 4.79 Å². The molecule has 1 aromatic heterocycles. The lowest BCUT2D eigenvalue weighted by molar-refractivity contribution is -0.116. The van der Waals surface area contributed by atoms with E-state index in [1.54, 1.807) is 18.2 Å². The van der Waals surface area contributed by atoms with Crippen LogP contribution >= 0.6 is 11.3 Å². The Kier molecular flexibility index (Phi) is 5.14. The topological polar surface area (TPSA) is 80.9 Å². The molecule has 1 amide bonds. The van der Waals surface area contributed by atoms with Gasteiger partial charge in [-0.1, -0.05) is 29.5 Å². The second-order valence-corrected chi connectivity index (χ2v) is 5.27. The van der Waals surface area contributed by atoms with Crippen LogP contribution in [-0.4, -0.2) is 22.6 Å². The van der Waals surface area contributed by atoms with Gasteiger partial charge in [0.15, 0.2) is 0 Å². The number of carbonyl (C=O) groups excluding carboxylic acids is 1. The standard InChI is InChI=1S/C13H15FN4OS/c14-10-5-2-1-4-9(10)8-12-17-18-13(20-12)16-11(19)6-3-7-15/h1-2,4-5H,3,6-8,15H2,(H,16,18,19). The van der Waals surface area contributed by atoms with E-state index in [4.69, 9.17) is 5.73 Å². The van der Waals surface area contributed by atoms with Crippen molar-refractivity contribution in [1.82, 2.24) is 10.2 Å². The summed E-state index contributed by atoms with van der Waals surface area (Å²) in [4.78, 5) is 11.5. The number of benzene rings is 1. The van der Waals surface area contributed by atoms with Gasteiger partial charge >= 0.3 is 0 Å². The highest BCUT2D eigenvalue weighted by Crippen LogP contribution is 2.20. The van der Waals surface area contributed by atoms with Crippen LogP contribution in [0.15, 0.2) is 24.3 Å². The predicted molar refractivity (Wildman–Crippen MR) is 76.0 cm³/mol. The van der Waals surface area contributed by atoms with Crippen molar-refractivity contribution >= 4 is 22.4 Å². The van der Waals surface area contributed by atoms with Crippen molar-refractivity contribution < 1.29 is 9.18 Å². The molecule has 0 aliphatic carbocycles. The van der Waals surface area contributed by atoms with E-state index < -0.39 is 0 Å². The summed E-state index contributed by atoms with van der Waals surface area (Å²) in [6.45, 7) is 0.474. The van der Waals surface area contributed by atoms with Crippen molar-refractivity contribution in [2.24, 2.45) is 5.73 Å². The second-order valence-electron chi connectivity index (χ2n) is 4.21. The minimum Gasteiger partial charge on any atom is -0.330 e. The fourth-order valence-corrected chi connectivity index (χ4v) is 2.40. The number of amides is 1. The molecular weight excluding hydrogens is 279 g/mol. The molecule has 0 aliphatic rings. The second kappa shape index (κ2) is 7.06. The smallest absolute Gasteiger partial charge is 0.226 e. The van der Waals surface area contributed by atoms with Crippen molar-refractivity contribution in [3.05, 3.63) is 40.7 Å². The molecule has 20 heavy (non-hydrogen) atoms. The van der Waals surface area contributed by atoms with Crippen LogP contribution in [0.3, 0.4) is 0 Å². The Morgan fingerprint density at radius 2 is 2.15 bits per heavy atom. The number of nitrogens with two attached hydrogens (primary N) is 1. The van der Waals surface area contributed by atoms with Crippen LogP contribution in [0, 0.1) is 5.82 Å². The van der Waals surface area contributed by atoms with Crippen LogP contribution in [-0.2, 0) is 11.2 Å². The summed E-state index contributed by atoms with van der Waals surface area (Å²) in [6, 6.07) is 6.53. The molecule has 1 aromatic carbocycles. The van der Waals surface area contributed by atoms with E-state index in [1.807, 2.05) is 0 Å². The number of rotatable bonds is 6. The van der Waals surface area contributed by atoms with Gasteiger partial charge in [0, 0.05) is 12.8 Å². The summed E-state index contributed by atoms with van der Waals surface area (Å²) in [5, 5.41) is 11.6. The molecule has 0 fully saturated rings. The maximum absolute atomic E-state index is 13.5. The molecule has 3 N–H and O–H groups in total. The lowest BCUT2D eigenvalue weighted by Crippen LogP contribution is -2.13. The summed E-state index contributed by atoms with van der Waals surface area (Å²) in [5.41, 5.74) is 5.89. The molecule has 5 nitrogen and oxygen atoms in total. The fraction of sp³-hybridized carbons (Fsp3) is 0.308. The monoisotopic (exact) mass is 294 g/mol. The van der Waals surface area contributed by atoms with E-state index in [1.165, 1.54) is 17.4 Å². The van der Waals surface area contributed by atoms with Gasteiger partial charge in [0.05, 0.1) is 0 Å². The van der Waals surface area contributed by atoms with E-state index in [2.05, 4.69) is 15.5 Å². The first-order chi connectivity index (χ1) is 9.69. The molecule has 0 aliphatic heterocycles. The molecule has 0 saturated heterocycles. The lowest BCUT2D eigenvalue weighted by Gasteiger charge is -1.99. The molecule has 2 rings (SSSR count). The van der Waals surface area contributed by atoms with Gasteiger partial charge in [-0.15, -0.1) is 10.2 Å². The molecule has 0 spiro atoms. The van der Waals surface area contributed by atoms with E-state index in [9.17, 15) is 9.18 Å². The largest absolute Gasteiger partial charge is 0.330 e. The summed E-state index contributed by atoms with van der Waals surface area (Å²) < 4.78 is 13.5. The number of nitrogens with one attached hydrogen (secondary N) is 1. The summed E-state index contributed by atoms with van der Waals surface area (Å²) in [7, 11) is 0. The third-order valence-corrected chi connectivity index (χ3v) is 3.46. The molecule has 1 heterocycles. The minimum absolute atomic E-state index is 0.135. The first kappa shape index (κ1) is 14.5. The first-order valence-corrected chi connectivity index (χ1v) is 7.06. The number of anilines is 1. The average molecular weight is 294 g/mol. The van der Waals surface area contributed by atoms with Crippen molar-refractivity contribution in [2.75, 3.05) is 11.9 Å². The average Bonchev–Trinajstić information content (AvgIpc) is 2.86. The van der Waals surface area contributed by atoms with Crippen molar-refractivity contribution in [1.29, 1.82) is 0 Å². The van der Waals surface area contributed by atoms with Crippen LogP contribution in [0.1, 0.15) is 23.4 Å². The Balaban J connectivity index is 1.96. The number of carbonyl (C=O) groups is 1. The number of hydrogen-bond acceptors (Lipinski definition) is 5. The Morgan fingerprint density at radius 1 is 1.35 bits per heavy atom. The molecule has 2 aromatic rings. The zero-order valence-corrected chi connectivity index (χ0v) is 11.6. The molecule has 0 atom stereocenters. The third kappa shape index (κ3) is 4.07. The Morgan fingerprint density at radius 3 is 2.90 bits per heavy atom. The normalized spacial score (nSPS) is 10.5. The fourth-order valence-electron chi connectivity index (χ4n) is 1.62. The minimum atomic E-state index is -0.267. The van der Waals surface area contributed by atoms with Gasteiger partial charge in [-0.2, -0.15) is 0 Å². The SMILES string of the molecule is NCCCC(=O)Nc1nnc(Cc2ccccc2F)s1. The Hall–Kier alpha value is -1.86. The number of hydrogen-bond donors (Lipinski definition) is 2. The van der Waals surface area contributed by atoms with Gasteiger partial charge in [-0.05, 0) is 24.6 Å². The van der Waals surface area contributed by atoms with Crippen LogP contribution in [0.5, 0.6) is 0 Å². The quantitative estimate of drug-likeness (QED) is 0.853. The van der Waals surface area contributed by atoms with E-state index in [0.717, 1.165) is 0 Å². The summed E-state index contributed by atoms with van der Waals surface area (Å²) >= 11 is 1.25. The maximum atomic E-state index is 13.5. The Labute approximate surface area is 120 Å². The van der Waals surface area contributed by atoms with Crippen molar-refractivity contribution in [3.8, 4) is 0 Å². The van der Waals surface area contributed by atoms with E-state index >= 15 is 0 Å². The first-order valence-electron chi connectivity index (χ1n) is 6.24. The molecule has 0 unspecified atom stereocenters. The molecule has 0 radical (unpaired) electrons. The highest BCUT2D eigenvalue weighted by molar-refractivity contribution is 7.15. The van der Waals surface area contributed by atoms with Gasteiger partial charge in [0.25, 0.3) is 0 Å². The van der Waals surface area contributed by atoms with Gasteiger partial charge in [0.2, 0.25) is 11.0 Å². The maximum Gasteiger partial charge on any atom is 0.226 e. The summed E-state index contributed by atoms with van der Waals surface area (Å²) in [5.74, 6) is -0.403. The van der Waals surface area contributed by atoms with E-state index in [0.29, 0.717) is 41.5 Å². The van der Waals surface area contributed by atoms with Crippen molar-refractivity contribution in [2.45, 2.75) is 19.3 Å². The predicted octanol–water partition coefficient (Wildman–Crippen LogP) is 1.95.